The van der Waals surface area contributed by atoms with Gasteiger partial charge in [0.05, 0.1) is 12.5 Å². The molecule has 0 rings (SSSR count). The minimum atomic E-state index is -1.05. The van der Waals surface area contributed by atoms with Crippen molar-refractivity contribution >= 4 is 12.3 Å². The maximum atomic E-state index is 9.73. The van der Waals surface area contributed by atoms with E-state index in [0.717, 1.165) is 0 Å². The predicted molar refractivity (Wildman–Crippen MR) is 41.9 cm³/mol. The molecule has 0 fully saturated rings. The fraction of sp³-hybridized carbons (Fsp3) is 0.667. The molecule has 0 heterocycles. The van der Waals surface area contributed by atoms with Gasteiger partial charge in [-0.15, -0.1) is 0 Å². The van der Waals surface area contributed by atoms with Gasteiger partial charge in [-0.1, -0.05) is 14.9 Å². The fourth-order valence-corrected chi connectivity index (χ4v) is 0.250. The van der Waals surface area contributed by atoms with Crippen molar-refractivity contribution < 1.29 is 16.1 Å². The molecule has 0 amide bonds. The molecule has 0 aliphatic rings. The van der Waals surface area contributed by atoms with Crippen LogP contribution in [0.25, 0.3) is 0 Å². The van der Waals surface area contributed by atoms with E-state index >= 15 is 0 Å². The lowest BCUT2D eigenvalue weighted by Crippen LogP contribution is -2.24. The van der Waals surface area contributed by atoms with E-state index in [9.17, 15) is 9.59 Å². The van der Waals surface area contributed by atoms with E-state index in [0.29, 0.717) is 6.29 Å². The summed E-state index contributed by atoms with van der Waals surface area (Å²) in [6.07, 6.45) is 0.123. The van der Waals surface area contributed by atoms with Gasteiger partial charge in [-0.05, 0) is 0 Å². The zero-order valence-corrected chi connectivity index (χ0v) is 4.20. The van der Waals surface area contributed by atoms with Gasteiger partial charge < -0.3 is 15.6 Å². The molecule has 3 N–H and O–H groups in total. The quantitative estimate of drug-likeness (QED) is 0.577. The second kappa shape index (κ2) is 8.10. The summed E-state index contributed by atoms with van der Waals surface area (Å²) in [6, 6.07) is -0.854. The smallest absolute Gasteiger partial charge is 0.305 e. The van der Waals surface area contributed by atoms with Crippen LogP contribution in [0.4, 0.5) is 0 Å². The number of aliphatic carboxylic acids is 1. The van der Waals surface area contributed by atoms with Crippen LogP contribution in [-0.2, 0) is 9.59 Å². The van der Waals surface area contributed by atoms with E-state index in [2.05, 4.69) is 0 Å². The number of aldehydes is 1. The summed E-state index contributed by atoms with van der Waals surface area (Å²) >= 11 is 0. The van der Waals surface area contributed by atoms with Crippen molar-refractivity contribution in [2.75, 3.05) is 0 Å². The van der Waals surface area contributed by atoms with Gasteiger partial charge in [0, 0.05) is 1.43 Å². The molecule has 0 unspecified atom stereocenters. The first-order valence-corrected chi connectivity index (χ1v) is 2.09. The first kappa shape index (κ1) is 16.0. The third kappa shape index (κ3) is 10.2. The van der Waals surface area contributed by atoms with Crippen LogP contribution in [0.3, 0.4) is 0 Å². The summed E-state index contributed by atoms with van der Waals surface area (Å²) in [5.74, 6) is -1.05. The minimum Gasteiger partial charge on any atom is -0.481 e. The number of carboxylic acid groups (broad SMARTS) is 1. The molecule has 0 aromatic carbocycles. The van der Waals surface area contributed by atoms with E-state index in [1.165, 1.54) is 0 Å². The number of nitrogens with two attached hydrogens (primary N) is 1. The average Bonchev–Trinajstić information content (AvgIpc) is 1.65. The summed E-state index contributed by atoms with van der Waals surface area (Å²) in [5.41, 5.74) is 4.92. The van der Waals surface area contributed by atoms with E-state index in [1.807, 2.05) is 0 Å². The maximum Gasteiger partial charge on any atom is 0.305 e. The molecule has 1 atom stereocenters. The lowest BCUT2D eigenvalue weighted by atomic mass is 10.2. The van der Waals surface area contributed by atoms with Crippen LogP contribution < -0.4 is 5.73 Å². The van der Waals surface area contributed by atoms with Gasteiger partial charge in [0.2, 0.25) is 0 Å². The summed E-state index contributed by atoms with van der Waals surface area (Å²) in [5, 5.41) is 7.98. The summed E-state index contributed by atoms with van der Waals surface area (Å²) in [7, 11) is 0. The number of rotatable bonds is 3. The SMILES string of the molecule is C.C.N[C@H](C=O)CC(=O)O.[2HH]. The predicted octanol–water partition coefficient (Wildman–Crippen LogP) is 0.505. The molecule has 0 saturated heterocycles. The zero-order chi connectivity index (χ0) is 6.57. The van der Waals surface area contributed by atoms with Crippen molar-refractivity contribution in [1.29, 1.82) is 0 Å². The van der Waals surface area contributed by atoms with Gasteiger partial charge in [0.25, 0.3) is 0 Å². The Morgan fingerprint density at radius 2 is 2.10 bits per heavy atom. The highest BCUT2D eigenvalue weighted by molar-refractivity contribution is 5.73. The van der Waals surface area contributed by atoms with E-state index in [1.54, 1.807) is 0 Å². The largest absolute Gasteiger partial charge is 0.481 e. The lowest BCUT2D eigenvalue weighted by molar-refractivity contribution is -0.138. The molecule has 0 bridgehead atoms. The Hall–Kier alpha value is -0.900. The second-order valence-corrected chi connectivity index (χ2v) is 1.40. The van der Waals surface area contributed by atoms with Crippen molar-refractivity contribution in [3.63, 3.8) is 0 Å². The number of hydrogen-bond donors (Lipinski definition) is 2. The van der Waals surface area contributed by atoms with E-state index in [-0.39, 0.29) is 22.7 Å². The van der Waals surface area contributed by atoms with Crippen molar-refractivity contribution in [3.8, 4) is 0 Å². The zero-order valence-electron chi connectivity index (χ0n) is 4.20. The Morgan fingerprint density at radius 1 is 1.70 bits per heavy atom. The van der Waals surface area contributed by atoms with Gasteiger partial charge in [-0.25, -0.2) is 0 Å². The minimum absolute atomic E-state index is 0. The third-order valence-electron chi connectivity index (χ3n) is 0.585. The van der Waals surface area contributed by atoms with Crippen LogP contribution in [0.1, 0.15) is 22.7 Å². The highest BCUT2D eigenvalue weighted by atomic mass is 16.4. The Morgan fingerprint density at radius 3 is 2.20 bits per heavy atom. The van der Waals surface area contributed by atoms with Crippen molar-refractivity contribution in [1.82, 2.24) is 0 Å². The summed E-state index contributed by atoms with van der Waals surface area (Å²) < 4.78 is 0. The van der Waals surface area contributed by atoms with Crippen molar-refractivity contribution in [2.24, 2.45) is 5.73 Å². The molecule has 0 radical (unpaired) electrons. The maximum absolute atomic E-state index is 9.73. The molecule has 0 spiro atoms. The number of hydrogen-bond acceptors (Lipinski definition) is 3. The molecule has 0 aliphatic heterocycles. The number of carboxylic acids is 1. The Labute approximate surface area is 62.5 Å². The van der Waals surface area contributed by atoms with Crippen molar-refractivity contribution in [2.45, 2.75) is 27.3 Å². The highest BCUT2D eigenvalue weighted by Gasteiger charge is 2.03. The molecule has 0 aromatic rings. The monoisotopic (exact) mass is 152 g/mol. The van der Waals surface area contributed by atoms with E-state index < -0.39 is 12.0 Å². The molecule has 0 saturated carbocycles. The van der Waals surface area contributed by atoms with Crippen LogP contribution in [0, 0.1) is 0 Å². The summed E-state index contributed by atoms with van der Waals surface area (Å²) in [4.78, 5) is 19.4. The van der Waals surface area contributed by atoms with Gasteiger partial charge in [0.1, 0.15) is 6.29 Å². The molecular weight excluding hydrogens is 134 g/mol. The van der Waals surface area contributed by atoms with Crippen LogP contribution in [0.15, 0.2) is 0 Å². The molecular formula is C6H17NO3. The third-order valence-corrected chi connectivity index (χ3v) is 0.585. The Kier molecular flexibility index (Phi) is 13.0. The van der Waals surface area contributed by atoms with Crippen LogP contribution in [0.2, 0.25) is 0 Å². The second-order valence-electron chi connectivity index (χ2n) is 1.40. The van der Waals surface area contributed by atoms with Crippen LogP contribution >= 0.6 is 0 Å². The molecule has 4 nitrogen and oxygen atoms in total. The summed E-state index contributed by atoms with van der Waals surface area (Å²) in [6.45, 7) is 0. The lowest BCUT2D eigenvalue weighted by Gasteiger charge is -1.94. The van der Waals surface area contributed by atoms with Gasteiger partial charge in [0.15, 0.2) is 0 Å². The molecule has 64 valence electrons. The van der Waals surface area contributed by atoms with Gasteiger partial charge in [-0.2, -0.15) is 0 Å². The van der Waals surface area contributed by atoms with Crippen LogP contribution in [0.5, 0.6) is 0 Å². The highest BCUT2D eigenvalue weighted by Crippen LogP contribution is 1.80. The first-order chi connectivity index (χ1) is 3.66. The van der Waals surface area contributed by atoms with Gasteiger partial charge in [-0.3, -0.25) is 4.79 Å². The van der Waals surface area contributed by atoms with E-state index in [4.69, 9.17) is 10.8 Å². The standard InChI is InChI=1S/C4H7NO3.2CH4.H2/c5-3(2-6)1-4(7)8;;;/h2-3H,1,5H2,(H,7,8);2*1H4;1H/t3-;;;/m0.../s1/i;;;1+1. The molecule has 10 heavy (non-hydrogen) atoms. The number of carbonyl (C=O) groups excluding carboxylic acids is 1. The van der Waals surface area contributed by atoms with Crippen LogP contribution in [-0.4, -0.2) is 23.4 Å². The van der Waals surface area contributed by atoms with Crippen molar-refractivity contribution in [3.05, 3.63) is 0 Å². The Balaban J connectivity index is -0.0000000817. The normalized spacial score (nSPS) is 10.1. The molecule has 4 heteroatoms. The number of carbonyl (C=O) groups is 2. The molecule has 0 aromatic heterocycles. The first-order valence-electron chi connectivity index (χ1n) is 2.09. The average molecular weight is 152 g/mol. The fourth-order valence-electron chi connectivity index (χ4n) is 0.250. The van der Waals surface area contributed by atoms with Gasteiger partial charge >= 0.3 is 5.97 Å². The Bertz CT molecular complexity index is 108. The topological polar surface area (TPSA) is 80.4 Å². The molecule has 0 aliphatic carbocycles.